The number of carbonyl (C=O) groups excluding carboxylic acids is 1. The molecule has 5 nitrogen and oxygen atoms in total. The predicted molar refractivity (Wildman–Crippen MR) is 112 cm³/mol. The number of likely N-dealkylation sites (N-methyl/N-ethyl adjacent to an activating group) is 1. The quantitative estimate of drug-likeness (QED) is 0.698. The number of methoxy groups -OCH3 is 1. The van der Waals surface area contributed by atoms with Gasteiger partial charge < -0.3 is 14.5 Å². The van der Waals surface area contributed by atoms with Crippen LogP contribution in [0.5, 0.6) is 5.75 Å². The smallest absolute Gasteiger partial charge is 0.254 e. The highest BCUT2D eigenvalue weighted by atomic mass is 16.5. The SMILES string of the molecule is CCN1CCN(C(=O)c2cc(-c3cccc(OC)c3)nc3ccccc23)CC1. The fourth-order valence-corrected chi connectivity index (χ4v) is 3.72. The van der Waals surface area contributed by atoms with Gasteiger partial charge in [-0.15, -0.1) is 0 Å². The van der Waals surface area contributed by atoms with E-state index < -0.39 is 0 Å². The molecule has 3 aromatic rings. The maximum Gasteiger partial charge on any atom is 0.254 e. The summed E-state index contributed by atoms with van der Waals surface area (Å²) in [6.07, 6.45) is 0. The lowest BCUT2D eigenvalue weighted by Gasteiger charge is -2.34. The van der Waals surface area contributed by atoms with Crippen LogP contribution in [0, 0.1) is 0 Å². The zero-order chi connectivity index (χ0) is 19.5. The molecule has 0 aliphatic carbocycles. The first-order chi connectivity index (χ1) is 13.7. The molecule has 0 saturated carbocycles. The summed E-state index contributed by atoms with van der Waals surface area (Å²) in [4.78, 5) is 22.5. The molecule has 1 aliphatic heterocycles. The Morgan fingerprint density at radius 1 is 1.04 bits per heavy atom. The minimum absolute atomic E-state index is 0.0819. The summed E-state index contributed by atoms with van der Waals surface area (Å²) in [6.45, 7) is 6.56. The second-order valence-electron chi connectivity index (χ2n) is 7.03. The van der Waals surface area contributed by atoms with Gasteiger partial charge in [-0.05, 0) is 30.8 Å². The lowest BCUT2D eigenvalue weighted by Crippen LogP contribution is -2.48. The number of benzene rings is 2. The molecule has 0 radical (unpaired) electrons. The third-order valence-corrected chi connectivity index (χ3v) is 5.42. The number of fused-ring (bicyclic) bond motifs is 1. The minimum Gasteiger partial charge on any atom is -0.497 e. The Kier molecular flexibility index (Phi) is 5.26. The number of carbonyl (C=O) groups is 1. The Labute approximate surface area is 165 Å². The molecule has 1 aromatic heterocycles. The number of nitrogens with zero attached hydrogens (tertiary/aromatic N) is 3. The normalized spacial score (nSPS) is 15.0. The maximum absolute atomic E-state index is 13.4. The van der Waals surface area contributed by atoms with Gasteiger partial charge in [0.05, 0.1) is 23.9 Å². The number of hydrogen-bond donors (Lipinski definition) is 0. The average Bonchev–Trinajstić information content (AvgIpc) is 2.78. The Morgan fingerprint density at radius 3 is 2.57 bits per heavy atom. The highest BCUT2D eigenvalue weighted by Crippen LogP contribution is 2.28. The Balaban J connectivity index is 1.75. The van der Waals surface area contributed by atoms with Crippen molar-refractivity contribution in [1.82, 2.24) is 14.8 Å². The fraction of sp³-hybridized carbons (Fsp3) is 0.304. The summed E-state index contributed by atoms with van der Waals surface area (Å²) in [5, 5.41) is 0.900. The van der Waals surface area contributed by atoms with Crippen molar-refractivity contribution < 1.29 is 9.53 Å². The Bertz CT molecular complexity index is 994. The molecule has 5 heteroatoms. The second kappa shape index (κ2) is 7.98. The van der Waals surface area contributed by atoms with Crippen molar-refractivity contribution in [3.05, 3.63) is 60.2 Å². The van der Waals surface area contributed by atoms with E-state index in [1.807, 2.05) is 59.5 Å². The first-order valence-corrected chi connectivity index (χ1v) is 9.75. The molecule has 144 valence electrons. The van der Waals surface area contributed by atoms with Crippen LogP contribution in [0.2, 0.25) is 0 Å². The van der Waals surface area contributed by atoms with Crippen molar-refractivity contribution in [2.45, 2.75) is 6.92 Å². The van der Waals surface area contributed by atoms with Crippen LogP contribution in [0.4, 0.5) is 0 Å². The molecule has 2 heterocycles. The number of aromatic nitrogens is 1. The van der Waals surface area contributed by atoms with Gasteiger partial charge in [-0.2, -0.15) is 0 Å². The largest absolute Gasteiger partial charge is 0.497 e. The summed E-state index contributed by atoms with van der Waals surface area (Å²) in [6, 6.07) is 17.6. The van der Waals surface area contributed by atoms with E-state index in [4.69, 9.17) is 9.72 Å². The molecule has 0 atom stereocenters. The van der Waals surface area contributed by atoms with Crippen LogP contribution in [0.3, 0.4) is 0 Å². The van der Waals surface area contributed by atoms with E-state index in [-0.39, 0.29) is 5.91 Å². The maximum atomic E-state index is 13.4. The van der Waals surface area contributed by atoms with E-state index >= 15 is 0 Å². The van der Waals surface area contributed by atoms with Gasteiger partial charge in [0.1, 0.15) is 5.75 Å². The van der Waals surface area contributed by atoms with Crippen molar-refractivity contribution in [1.29, 1.82) is 0 Å². The van der Waals surface area contributed by atoms with Crippen LogP contribution in [-0.2, 0) is 0 Å². The van der Waals surface area contributed by atoms with Crippen LogP contribution in [0.15, 0.2) is 54.6 Å². The van der Waals surface area contributed by atoms with Crippen molar-refractivity contribution >= 4 is 16.8 Å². The van der Waals surface area contributed by atoms with Crippen LogP contribution in [0.25, 0.3) is 22.2 Å². The number of rotatable bonds is 4. The Hall–Kier alpha value is -2.92. The van der Waals surface area contributed by atoms with E-state index in [0.717, 1.165) is 60.6 Å². The number of para-hydroxylation sites is 1. The van der Waals surface area contributed by atoms with E-state index in [9.17, 15) is 4.79 Å². The molecule has 28 heavy (non-hydrogen) atoms. The van der Waals surface area contributed by atoms with Gasteiger partial charge in [0.2, 0.25) is 0 Å². The third kappa shape index (κ3) is 3.58. The van der Waals surface area contributed by atoms with E-state index in [2.05, 4.69) is 11.8 Å². The molecule has 0 N–H and O–H groups in total. The molecule has 1 saturated heterocycles. The fourth-order valence-electron chi connectivity index (χ4n) is 3.72. The van der Waals surface area contributed by atoms with Gasteiger partial charge in [0.15, 0.2) is 0 Å². The van der Waals surface area contributed by atoms with E-state index in [1.54, 1.807) is 7.11 Å². The lowest BCUT2D eigenvalue weighted by molar-refractivity contribution is 0.0645. The predicted octanol–water partition coefficient (Wildman–Crippen LogP) is 3.69. The van der Waals surface area contributed by atoms with Crippen LogP contribution in [-0.4, -0.2) is 60.5 Å². The van der Waals surface area contributed by atoms with Crippen molar-refractivity contribution in [2.24, 2.45) is 0 Å². The first kappa shape index (κ1) is 18.4. The molecular weight excluding hydrogens is 350 g/mol. The lowest BCUT2D eigenvalue weighted by atomic mass is 10.0. The van der Waals surface area contributed by atoms with Crippen LogP contribution >= 0.6 is 0 Å². The third-order valence-electron chi connectivity index (χ3n) is 5.42. The number of hydrogen-bond acceptors (Lipinski definition) is 4. The summed E-state index contributed by atoms with van der Waals surface area (Å²) >= 11 is 0. The number of amides is 1. The van der Waals surface area contributed by atoms with Gasteiger partial charge in [0.25, 0.3) is 5.91 Å². The van der Waals surface area contributed by atoms with E-state index in [0.29, 0.717) is 5.56 Å². The van der Waals surface area contributed by atoms with Crippen molar-refractivity contribution in [3.63, 3.8) is 0 Å². The summed E-state index contributed by atoms with van der Waals surface area (Å²) in [5.41, 5.74) is 3.27. The monoisotopic (exact) mass is 375 g/mol. The highest BCUT2D eigenvalue weighted by molar-refractivity contribution is 6.07. The van der Waals surface area contributed by atoms with E-state index in [1.165, 1.54) is 0 Å². The van der Waals surface area contributed by atoms with Crippen molar-refractivity contribution in [2.75, 3.05) is 39.8 Å². The highest BCUT2D eigenvalue weighted by Gasteiger charge is 2.23. The van der Waals surface area contributed by atoms with Crippen LogP contribution in [0.1, 0.15) is 17.3 Å². The molecule has 1 aliphatic rings. The number of piperazine rings is 1. The number of ether oxygens (including phenoxy) is 1. The summed E-state index contributed by atoms with van der Waals surface area (Å²) in [7, 11) is 1.65. The van der Waals surface area contributed by atoms with Gasteiger partial charge in [-0.1, -0.05) is 37.3 Å². The van der Waals surface area contributed by atoms with Gasteiger partial charge in [-0.3, -0.25) is 4.79 Å². The van der Waals surface area contributed by atoms with Crippen LogP contribution < -0.4 is 4.74 Å². The molecule has 0 spiro atoms. The minimum atomic E-state index is 0.0819. The second-order valence-corrected chi connectivity index (χ2v) is 7.03. The molecular formula is C23H25N3O2. The number of pyridine rings is 1. The summed E-state index contributed by atoms with van der Waals surface area (Å²) < 4.78 is 5.35. The molecule has 2 aromatic carbocycles. The standard InChI is InChI=1S/C23H25N3O2/c1-3-25-11-13-26(14-12-25)23(27)20-16-22(17-7-6-8-18(15-17)28-2)24-21-10-5-4-9-19(20)21/h4-10,15-16H,3,11-14H2,1-2H3. The summed E-state index contributed by atoms with van der Waals surface area (Å²) in [5.74, 6) is 0.856. The Morgan fingerprint density at radius 2 is 1.82 bits per heavy atom. The first-order valence-electron chi connectivity index (χ1n) is 9.75. The molecule has 1 fully saturated rings. The van der Waals surface area contributed by atoms with Crippen molar-refractivity contribution in [3.8, 4) is 17.0 Å². The average molecular weight is 375 g/mol. The molecule has 4 rings (SSSR count). The molecule has 0 unspecified atom stereocenters. The van der Waals surface area contributed by atoms with Gasteiger partial charge >= 0.3 is 0 Å². The van der Waals surface area contributed by atoms with Gasteiger partial charge in [-0.25, -0.2) is 4.98 Å². The molecule has 1 amide bonds. The zero-order valence-electron chi connectivity index (χ0n) is 16.4. The topological polar surface area (TPSA) is 45.7 Å². The van der Waals surface area contributed by atoms with Gasteiger partial charge in [0, 0.05) is 37.1 Å². The zero-order valence-corrected chi connectivity index (χ0v) is 16.4. The molecule has 0 bridgehead atoms.